The number of ether oxygens (including phenoxy) is 6. The van der Waals surface area contributed by atoms with E-state index in [1.807, 2.05) is 76.2 Å². The largest absolute Gasteiger partial charge is 0.493 e. The van der Waals surface area contributed by atoms with Crippen LogP contribution in [-0.2, 0) is 35.6 Å². The van der Waals surface area contributed by atoms with Crippen LogP contribution >= 0.6 is 0 Å². The van der Waals surface area contributed by atoms with Gasteiger partial charge in [0.15, 0.2) is 28.8 Å². The molecule has 4 heterocycles. The Bertz CT molecular complexity index is 2150. The first-order chi connectivity index (χ1) is 28.3. The predicted octanol–water partition coefficient (Wildman–Crippen LogP) is 6.84. The van der Waals surface area contributed by atoms with E-state index in [1.165, 1.54) is 0 Å². The van der Waals surface area contributed by atoms with E-state index >= 15 is 0 Å². The van der Waals surface area contributed by atoms with Crippen LogP contribution < -0.4 is 23.7 Å². The Hall–Kier alpha value is -5.53. The summed E-state index contributed by atoms with van der Waals surface area (Å²) >= 11 is 0. The third kappa shape index (κ3) is 8.65. The number of likely N-dealkylation sites (tertiary alicyclic amines) is 2. The Kier molecular flexibility index (Phi) is 12.9. The maximum absolute atomic E-state index is 14.7. The van der Waals surface area contributed by atoms with Gasteiger partial charge in [-0.25, -0.2) is 4.98 Å². The minimum Gasteiger partial charge on any atom is -0.493 e. The molecule has 1 atom stereocenters. The van der Waals surface area contributed by atoms with Crippen LogP contribution in [0.1, 0.15) is 53.2 Å². The van der Waals surface area contributed by atoms with E-state index in [4.69, 9.17) is 37.8 Å². The number of para-hydroxylation sites is 2. The molecule has 2 saturated heterocycles. The topological polar surface area (TPSA) is 127 Å². The molecule has 0 bridgehead atoms. The molecule has 58 heavy (non-hydrogen) atoms. The van der Waals surface area contributed by atoms with E-state index in [9.17, 15) is 9.59 Å². The highest BCUT2D eigenvalue weighted by molar-refractivity contribution is 5.98. The van der Waals surface area contributed by atoms with Crippen molar-refractivity contribution >= 4 is 22.7 Å². The van der Waals surface area contributed by atoms with Crippen LogP contribution in [0.5, 0.6) is 28.7 Å². The van der Waals surface area contributed by atoms with Crippen LogP contribution in [0.15, 0.2) is 77.4 Å². The van der Waals surface area contributed by atoms with Crippen molar-refractivity contribution in [2.24, 2.45) is 11.3 Å². The van der Waals surface area contributed by atoms with Gasteiger partial charge in [0.1, 0.15) is 12.4 Å². The zero-order chi connectivity index (χ0) is 40.6. The Balaban J connectivity index is 1.04. The molecule has 2 fully saturated rings. The van der Waals surface area contributed by atoms with Crippen molar-refractivity contribution in [1.29, 1.82) is 0 Å². The zero-order valence-corrected chi connectivity index (χ0v) is 34.2. The molecular formula is C45H54N4O9. The highest BCUT2D eigenvalue weighted by atomic mass is 16.5. The fraction of sp³-hybridized carbons (Fsp3) is 0.444. The second-order valence-corrected chi connectivity index (χ2v) is 15.1. The number of imidazole rings is 1. The number of benzene rings is 3. The number of rotatable bonds is 19. The van der Waals surface area contributed by atoms with Gasteiger partial charge in [-0.15, -0.1) is 0 Å². The van der Waals surface area contributed by atoms with Crippen molar-refractivity contribution in [3.05, 3.63) is 95.7 Å². The summed E-state index contributed by atoms with van der Waals surface area (Å²) < 4.78 is 41.2. The Morgan fingerprint density at radius 2 is 1.53 bits per heavy atom. The van der Waals surface area contributed by atoms with Crippen LogP contribution in [0.25, 0.3) is 11.0 Å². The van der Waals surface area contributed by atoms with Gasteiger partial charge in [-0.3, -0.25) is 9.59 Å². The summed E-state index contributed by atoms with van der Waals surface area (Å²) in [5.41, 5.74) is 3.00. The van der Waals surface area contributed by atoms with Crippen molar-refractivity contribution in [1.82, 2.24) is 19.4 Å². The van der Waals surface area contributed by atoms with Crippen molar-refractivity contribution in [3.8, 4) is 28.7 Å². The van der Waals surface area contributed by atoms with Gasteiger partial charge in [-0.05, 0) is 111 Å². The number of amides is 1. The lowest BCUT2D eigenvalue weighted by Gasteiger charge is -2.35. The quantitative estimate of drug-likeness (QED) is 0.0645. The molecule has 3 aromatic carbocycles. The number of ketones is 1. The number of carbonyl (C=O) groups is 2. The summed E-state index contributed by atoms with van der Waals surface area (Å²) in [5, 5.41) is 0. The first-order valence-corrected chi connectivity index (χ1v) is 19.9. The number of hydrogen-bond donors (Lipinski definition) is 0. The molecule has 0 saturated carbocycles. The van der Waals surface area contributed by atoms with E-state index in [1.54, 1.807) is 41.8 Å². The smallest absolute Gasteiger partial charge is 0.229 e. The number of aromatic nitrogens is 2. The van der Waals surface area contributed by atoms with Gasteiger partial charge in [0.25, 0.3) is 0 Å². The number of Topliss-reactive ketones (excluding diaryl/α,β-unsaturated/α-hetero) is 1. The molecule has 7 rings (SSSR count). The van der Waals surface area contributed by atoms with E-state index in [0.717, 1.165) is 60.4 Å². The lowest BCUT2D eigenvalue weighted by Crippen LogP contribution is -2.42. The molecule has 308 valence electrons. The number of fused-ring (bicyclic) bond motifs is 1. The predicted molar refractivity (Wildman–Crippen MR) is 218 cm³/mol. The number of carbonyl (C=O) groups excluding carboxylic acids is 2. The van der Waals surface area contributed by atoms with E-state index < -0.39 is 5.41 Å². The van der Waals surface area contributed by atoms with Gasteiger partial charge in [0, 0.05) is 25.6 Å². The molecule has 0 aliphatic carbocycles. The van der Waals surface area contributed by atoms with Crippen molar-refractivity contribution in [2.45, 2.75) is 51.8 Å². The van der Waals surface area contributed by atoms with Crippen molar-refractivity contribution in [3.63, 3.8) is 0 Å². The average Bonchev–Trinajstić information content (AvgIpc) is 3.99. The molecule has 13 heteroatoms. The Labute approximate surface area is 339 Å². The molecule has 0 spiro atoms. The van der Waals surface area contributed by atoms with Gasteiger partial charge in [-0.2, -0.15) is 0 Å². The molecule has 0 radical (unpaired) electrons. The summed E-state index contributed by atoms with van der Waals surface area (Å²) in [7, 11) is 8.00. The van der Waals surface area contributed by atoms with Gasteiger partial charge in [0.2, 0.25) is 17.4 Å². The van der Waals surface area contributed by atoms with Gasteiger partial charge in [0.05, 0.1) is 64.9 Å². The van der Waals surface area contributed by atoms with Crippen molar-refractivity contribution < 1.29 is 42.4 Å². The Morgan fingerprint density at radius 1 is 0.810 bits per heavy atom. The molecule has 5 aromatic rings. The molecule has 1 unspecified atom stereocenters. The third-order valence-corrected chi connectivity index (χ3v) is 11.7. The SMILES string of the molecule is COc1ccc(CC2(CCN3CCC(C(=O)c4nc5ccccc5n4CCOCc4ccco4)CC3)CCN(Cc3cc(OC)c(OC)c(OC)c3)C2=O)cc1OC. The first-order valence-electron chi connectivity index (χ1n) is 19.9. The van der Waals surface area contributed by atoms with Crippen LogP contribution in [0, 0.1) is 11.3 Å². The first kappa shape index (κ1) is 40.7. The maximum atomic E-state index is 14.7. The summed E-state index contributed by atoms with van der Waals surface area (Å²) in [4.78, 5) is 38.0. The van der Waals surface area contributed by atoms with E-state index in [-0.39, 0.29) is 17.6 Å². The fourth-order valence-corrected chi connectivity index (χ4v) is 8.54. The minimum atomic E-state index is -0.628. The highest BCUT2D eigenvalue weighted by Crippen LogP contribution is 2.43. The van der Waals surface area contributed by atoms with Crippen LogP contribution in [0.4, 0.5) is 0 Å². The van der Waals surface area contributed by atoms with Gasteiger partial charge < -0.3 is 47.2 Å². The zero-order valence-electron chi connectivity index (χ0n) is 34.2. The number of piperidine rings is 1. The number of methoxy groups -OCH3 is 5. The van der Waals surface area contributed by atoms with Crippen LogP contribution in [0.2, 0.25) is 0 Å². The highest BCUT2D eigenvalue weighted by Gasteiger charge is 2.47. The monoisotopic (exact) mass is 794 g/mol. The molecule has 1 amide bonds. The summed E-state index contributed by atoms with van der Waals surface area (Å²) in [5.74, 6) is 4.19. The minimum absolute atomic E-state index is 0.0696. The van der Waals surface area contributed by atoms with Gasteiger partial charge in [-0.1, -0.05) is 18.2 Å². The lowest BCUT2D eigenvalue weighted by atomic mass is 9.76. The van der Waals surface area contributed by atoms with Crippen LogP contribution in [0.3, 0.4) is 0 Å². The molecule has 0 N–H and O–H groups in total. The summed E-state index contributed by atoms with van der Waals surface area (Å²) in [6, 6.07) is 21.3. The van der Waals surface area contributed by atoms with Gasteiger partial charge >= 0.3 is 0 Å². The second kappa shape index (κ2) is 18.4. The summed E-state index contributed by atoms with van der Waals surface area (Å²) in [6.07, 6.45) is 5.03. The van der Waals surface area contributed by atoms with E-state index in [2.05, 4.69) is 4.90 Å². The number of nitrogens with zero attached hydrogens (tertiary/aromatic N) is 4. The van der Waals surface area contributed by atoms with E-state index in [0.29, 0.717) is 86.7 Å². The Morgan fingerprint density at radius 3 is 2.22 bits per heavy atom. The number of furan rings is 1. The maximum Gasteiger partial charge on any atom is 0.229 e. The second-order valence-electron chi connectivity index (χ2n) is 15.1. The molecule has 2 aliphatic heterocycles. The summed E-state index contributed by atoms with van der Waals surface area (Å²) in [6.45, 7) is 4.59. The third-order valence-electron chi connectivity index (χ3n) is 11.7. The molecule has 2 aliphatic rings. The molecule has 13 nitrogen and oxygen atoms in total. The molecular weight excluding hydrogens is 741 g/mol. The molecule has 2 aromatic heterocycles. The average molecular weight is 795 g/mol. The standard InChI is InChI=1S/C45H54N4O9/c1-52-37-13-12-31(25-38(37)53-2)28-45(17-21-48(44(45)51)29-32-26-39(54-3)42(56-5)40(27-32)55-4)16-20-47-18-14-33(15-19-47)41(50)43-46-35-10-6-7-11-36(35)49(43)22-24-57-30-34-9-8-23-58-34/h6-13,23,25-27,33H,14-22,24,28-30H2,1-5H3. The van der Waals surface area contributed by atoms with Crippen molar-refractivity contribution in [2.75, 3.05) is 68.3 Å². The lowest BCUT2D eigenvalue weighted by molar-refractivity contribution is -0.137. The number of hydrogen-bond acceptors (Lipinski definition) is 11. The van der Waals surface area contributed by atoms with Crippen LogP contribution in [-0.4, -0.2) is 99.4 Å². The normalized spacial score (nSPS) is 17.5. The fourth-order valence-electron chi connectivity index (χ4n) is 8.54.